The molecule has 1 N–H and O–H groups in total. The molecule has 5 heteroatoms. The molecule has 0 unspecified atom stereocenters. The number of phenols is 1. The molecule has 2 fully saturated rings. The fourth-order valence-electron chi connectivity index (χ4n) is 7.43. The molecule has 2 aromatic rings. The number of unbranched alkanes of at least 4 members (excludes halogenated alkanes) is 1. The topological polar surface area (TPSA) is 59.0 Å². The Morgan fingerprint density at radius 2 is 2.09 bits per heavy atom. The van der Waals surface area contributed by atoms with Gasteiger partial charge in [0, 0.05) is 36.1 Å². The number of carbonyl (C=O) groups excluding carboxylic acids is 1. The number of aromatic hydroxyl groups is 1. The molecule has 1 spiro atoms. The normalized spacial score (nSPS) is 31.8. The van der Waals surface area contributed by atoms with Gasteiger partial charge in [-0.1, -0.05) is 43.7 Å². The maximum Gasteiger partial charge on any atom is 0.181 e. The number of carbonyl (C=O) groups is 1. The lowest BCUT2D eigenvalue weighted by Crippen LogP contribution is -2.72. The number of likely N-dealkylation sites (tertiary alicyclic amines) is 1. The maximum atomic E-state index is 13.9. The standard InChI is InChI=1S/C28H33NO4/c1-3-4-14-32-23-16-22(30)26-25-19(23)15-21-20-10-11-24(31)28(33-26,17-18-8-6-5-7-9-18)27(20,25)12-13-29(21)2/h5-9,16,20-21,30H,3-4,10-15,17H2,1-2H3/t20-,21+,27-,28-/m0/s1. The number of benzene rings is 2. The Kier molecular flexibility index (Phi) is 4.77. The summed E-state index contributed by atoms with van der Waals surface area (Å²) >= 11 is 0. The number of ketones is 1. The van der Waals surface area contributed by atoms with Crippen LogP contribution in [-0.2, 0) is 23.1 Å². The molecule has 2 bridgehead atoms. The Morgan fingerprint density at radius 3 is 2.88 bits per heavy atom. The van der Waals surface area contributed by atoms with Crippen LogP contribution in [0.2, 0.25) is 0 Å². The molecule has 2 aromatic carbocycles. The van der Waals surface area contributed by atoms with Crippen LogP contribution in [0.25, 0.3) is 0 Å². The van der Waals surface area contributed by atoms with Crippen molar-refractivity contribution >= 4 is 5.78 Å². The molecule has 6 rings (SSSR count). The fourth-order valence-corrected chi connectivity index (χ4v) is 7.43. The van der Waals surface area contributed by atoms with E-state index in [1.165, 1.54) is 0 Å². The number of phenolic OH excluding ortho intramolecular Hbond substituents is 1. The van der Waals surface area contributed by atoms with Crippen molar-refractivity contribution in [2.75, 3.05) is 20.2 Å². The molecule has 174 valence electrons. The lowest BCUT2D eigenvalue weighted by molar-refractivity contribution is -0.156. The molecular formula is C28H33NO4. The van der Waals surface area contributed by atoms with Crippen LogP contribution in [0.3, 0.4) is 0 Å². The molecular weight excluding hydrogens is 414 g/mol. The summed E-state index contributed by atoms with van der Waals surface area (Å²) in [4.78, 5) is 16.4. The van der Waals surface area contributed by atoms with E-state index in [1.54, 1.807) is 6.07 Å². The molecule has 1 saturated carbocycles. The molecule has 2 aliphatic heterocycles. The lowest BCUT2D eigenvalue weighted by Gasteiger charge is -2.61. The summed E-state index contributed by atoms with van der Waals surface area (Å²) in [6.07, 6.45) is 5.73. The highest BCUT2D eigenvalue weighted by Crippen LogP contribution is 2.68. The Morgan fingerprint density at radius 1 is 1.27 bits per heavy atom. The van der Waals surface area contributed by atoms with Gasteiger partial charge in [0.15, 0.2) is 22.9 Å². The van der Waals surface area contributed by atoms with E-state index in [0.29, 0.717) is 37.2 Å². The van der Waals surface area contributed by atoms with Crippen LogP contribution in [-0.4, -0.2) is 47.6 Å². The van der Waals surface area contributed by atoms with Crippen molar-refractivity contribution < 1.29 is 19.4 Å². The van der Waals surface area contributed by atoms with Crippen molar-refractivity contribution in [1.82, 2.24) is 4.90 Å². The number of ether oxygens (including phenoxy) is 2. The molecule has 5 nitrogen and oxygen atoms in total. The van der Waals surface area contributed by atoms with E-state index in [0.717, 1.165) is 61.1 Å². The van der Waals surface area contributed by atoms with Crippen LogP contribution < -0.4 is 9.47 Å². The molecule has 33 heavy (non-hydrogen) atoms. The third-order valence-corrected chi connectivity index (χ3v) is 8.89. The Bertz CT molecular complexity index is 1100. The van der Waals surface area contributed by atoms with Gasteiger partial charge in [0.2, 0.25) is 0 Å². The summed E-state index contributed by atoms with van der Waals surface area (Å²) in [6, 6.07) is 12.3. The maximum absolute atomic E-state index is 13.9. The first-order valence-electron chi connectivity index (χ1n) is 12.5. The fraction of sp³-hybridized carbons (Fsp3) is 0.536. The number of piperidine rings is 1. The predicted molar refractivity (Wildman–Crippen MR) is 126 cm³/mol. The van der Waals surface area contributed by atoms with E-state index < -0.39 is 11.0 Å². The molecule has 2 heterocycles. The Hall–Kier alpha value is -2.53. The highest BCUT2D eigenvalue weighted by Gasteiger charge is 2.73. The first-order valence-corrected chi connectivity index (χ1v) is 12.5. The lowest BCUT2D eigenvalue weighted by atomic mass is 9.46. The van der Waals surface area contributed by atoms with Crippen LogP contribution in [0.1, 0.15) is 55.7 Å². The highest BCUT2D eigenvalue weighted by atomic mass is 16.5. The minimum Gasteiger partial charge on any atom is -0.504 e. The van der Waals surface area contributed by atoms with E-state index in [9.17, 15) is 9.90 Å². The van der Waals surface area contributed by atoms with Crippen LogP contribution >= 0.6 is 0 Å². The Labute approximate surface area is 195 Å². The van der Waals surface area contributed by atoms with Gasteiger partial charge in [-0.25, -0.2) is 0 Å². The van der Waals surface area contributed by atoms with Gasteiger partial charge in [-0.05, 0) is 50.8 Å². The SMILES string of the molecule is CCCCOc1cc(O)c2c3c1C[C@@H]1[C@@H]4CCC(=O)[C@](Cc5ccccc5)(O2)[C@]34CCN1C. The summed E-state index contributed by atoms with van der Waals surface area (Å²) in [7, 11) is 2.21. The van der Waals surface area contributed by atoms with E-state index >= 15 is 0 Å². The van der Waals surface area contributed by atoms with Crippen LogP contribution in [0.15, 0.2) is 36.4 Å². The molecule has 0 radical (unpaired) electrons. The van der Waals surface area contributed by atoms with Crippen LogP contribution in [0, 0.1) is 5.92 Å². The monoisotopic (exact) mass is 447 g/mol. The van der Waals surface area contributed by atoms with Gasteiger partial charge in [0.05, 0.1) is 12.0 Å². The van der Waals surface area contributed by atoms with Crippen LogP contribution in [0.4, 0.5) is 0 Å². The van der Waals surface area contributed by atoms with E-state index in [-0.39, 0.29) is 11.5 Å². The van der Waals surface area contributed by atoms with Crippen molar-refractivity contribution in [2.45, 2.75) is 68.9 Å². The van der Waals surface area contributed by atoms with Crippen molar-refractivity contribution in [3.05, 3.63) is 53.1 Å². The largest absolute Gasteiger partial charge is 0.504 e. The summed E-state index contributed by atoms with van der Waals surface area (Å²) in [5, 5.41) is 11.1. The van der Waals surface area contributed by atoms with Gasteiger partial charge in [-0.2, -0.15) is 0 Å². The summed E-state index contributed by atoms with van der Waals surface area (Å²) in [5.74, 6) is 1.93. The first kappa shape index (κ1) is 21.0. The van der Waals surface area contributed by atoms with Crippen molar-refractivity contribution in [3.63, 3.8) is 0 Å². The molecule has 0 aromatic heterocycles. The molecule has 1 saturated heterocycles. The second-order valence-corrected chi connectivity index (χ2v) is 10.4. The average molecular weight is 448 g/mol. The number of likely N-dealkylation sites (N-methyl/N-ethyl adjacent to an activating group) is 1. The zero-order chi connectivity index (χ0) is 22.8. The number of rotatable bonds is 6. The summed E-state index contributed by atoms with van der Waals surface area (Å²) in [5.41, 5.74) is 1.95. The van der Waals surface area contributed by atoms with Crippen molar-refractivity contribution in [1.29, 1.82) is 0 Å². The minimum absolute atomic E-state index is 0.111. The molecule has 2 aliphatic carbocycles. The third kappa shape index (κ3) is 2.72. The highest BCUT2D eigenvalue weighted by molar-refractivity contribution is 5.94. The van der Waals surface area contributed by atoms with Gasteiger partial charge < -0.3 is 19.5 Å². The molecule has 4 aliphatic rings. The van der Waals surface area contributed by atoms with E-state index in [1.807, 2.05) is 18.2 Å². The van der Waals surface area contributed by atoms with Crippen molar-refractivity contribution in [3.8, 4) is 17.2 Å². The Balaban J connectivity index is 1.58. The molecule has 4 atom stereocenters. The van der Waals surface area contributed by atoms with Gasteiger partial charge in [-0.3, -0.25) is 4.79 Å². The first-order chi connectivity index (χ1) is 16.0. The predicted octanol–water partition coefficient (Wildman–Crippen LogP) is 4.42. The molecule has 0 amide bonds. The summed E-state index contributed by atoms with van der Waals surface area (Å²) in [6.45, 7) is 3.71. The number of hydrogen-bond acceptors (Lipinski definition) is 5. The van der Waals surface area contributed by atoms with Crippen LogP contribution in [0.5, 0.6) is 17.2 Å². The number of Topliss-reactive ketones (excluding diaryl/α,β-unsaturated/α-hetero) is 1. The van der Waals surface area contributed by atoms with Gasteiger partial charge in [0.25, 0.3) is 0 Å². The smallest absolute Gasteiger partial charge is 0.181 e. The second kappa shape index (κ2) is 7.49. The van der Waals surface area contributed by atoms with Gasteiger partial charge >= 0.3 is 0 Å². The zero-order valence-corrected chi connectivity index (χ0v) is 19.6. The quantitative estimate of drug-likeness (QED) is 0.665. The van der Waals surface area contributed by atoms with Gasteiger partial charge in [0.1, 0.15) is 5.75 Å². The average Bonchev–Trinajstić information content (AvgIpc) is 3.11. The van der Waals surface area contributed by atoms with Gasteiger partial charge in [-0.15, -0.1) is 0 Å². The minimum atomic E-state index is -0.964. The zero-order valence-electron chi connectivity index (χ0n) is 19.6. The van der Waals surface area contributed by atoms with E-state index in [4.69, 9.17) is 9.47 Å². The number of hydrogen-bond donors (Lipinski definition) is 1. The third-order valence-electron chi connectivity index (χ3n) is 8.89. The van der Waals surface area contributed by atoms with E-state index in [2.05, 4.69) is 31.0 Å². The van der Waals surface area contributed by atoms with Crippen molar-refractivity contribution in [2.24, 2.45) is 5.92 Å². The summed E-state index contributed by atoms with van der Waals surface area (Å²) < 4.78 is 13.0. The second-order valence-electron chi connectivity index (χ2n) is 10.4. The number of nitrogens with zero attached hydrogens (tertiary/aromatic N) is 1.